The van der Waals surface area contributed by atoms with E-state index in [0.29, 0.717) is 24.5 Å². The minimum absolute atomic E-state index is 0.334. The van der Waals surface area contributed by atoms with Gasteiger partial charge in [0.2, 0.25) is 0 Å². The number of anilines is 1. The van der Waals surface area contributed by atoms with E-state index in [4.69, 9.17) is 4.74 Å². The maximum atomic E-state index is 6.09. The molecule has 0 fully saturated rings. The molecule has 2 nitrogen and oxygen atoms in total. The first-order chi connectivity index (χ1) is 14.3. The van der Waals surface area contributed by atoms with Crippen molar-refractivity contribution < 1.29 is 4.74 Å². The van der Waals surface area contributed by atoms with E-state index in [-0.39, 0.29) is 0 Å². The Morgan fingerprint density at radius 2 is 1.79 bits per heavy atom. The third kappa shape index (κ3) is 3.84. The molecule has 1 aliphatic carbocycles. The zero-order valence-corrected chi connectivity index (χ0v) is 17.8. The Labute approximate surface area is 180 Å². The average molecular weight is 446 g/mol. The molecule has 1 aliphatic heterocycles. The fraction of sp³-hybridized carbons (Fsp3) is 0.231. The average Bonchev–Trinajstić information content (AvgIpc) is 3.25. The summed E-state index contributed by atoms with van der Waals surface area (Å²) in [5, 5.41) is 3.80. The first kappa shape index (κ1) is 18.5. The largest absolute Gasteiger partial charge is 0.493 e. The molecule has 0 saturated heterocycles. The van der Waals surface area contributed by atoms with Crippen LogP contribution in [0.25, 0.3) is 0 Å². The fourth-order valence-electron chi connectivity index (χ4n) is 4.59. The highest BCUT2D eigenvalue weighted by Crippen LogP contribution is 2.50. The van der Waals surface area contributed by atoms with Crippen LogP contribution in [-0.4, -0.2) is 6.61 Å². The molecule has 3 unspecified atom stereocenters. The van der Waals surface area contributed by atoms with Crippen LogP contribution in [-0.2, 0) is 6.42 Å². The molecule has 0 spiro atoms. The molecule has 5 rings (SSSR count). The summed E-state index contributed by atoms with van der Waals surface area (Å²) in [4.78, 5) is 0. The van der Waals surface area contributed by atoms with Gasteiger partial charge in [-0.05, 0) is 59.4 Å². The Hall–Kier alpha value is -2.52. The summed E-state index contributed by atoms with van der Waals surface area (Å²) in [6.45, 7) is 0.696. The summed E-state index contributed by atoms with van der Waals surface area (Å²) >= 11 is 3.55. The Bertz CT molecular complexity index is 1010. The Morgan fingerprint density at radius 3 is 2.62 bits per heavy atom. The van der Waals surface area contributed by atoms with Gasteiger partial charge in [-0.1, -0.05) is 70.5 Å². The lowest BCUT2D eigenvalue weighted by Crippen LogP contribution is -2.29. The van der Waals surface area contributed by atoms with E-state index < -0.39 is 0 Å². The zero-order valence-electron chi connectivity index (χ0n) is 16.2. The molecule has 3 atom stereocenters. The van der Waals surface area contributed by atoms with Gasteiger partial charge in [-0.2, -0.15) is 0 Å². The van der Waals surface area contributed by atoms with Gasteiger partial charge in [0.1, 0.15) is 5.75 Å². The molecule has 1 N–H and O–H groups in total. The molecular formula is C26H24BrNO. The molecule has 0 radical (unpaired) electrons. The number of nitrogens with one attached hydrogen (secondary N) is 1. The topological polar surface area (TPSA) is 21.3 Å². The van der Waals surface area contributed by atoms with Crippen LogP contribution in [0.5, 0.6) is 5.75 Å². The van der Waals surface area contributed by atoms with Crippen LogP contribution in [0.4, 0.5) is 5.69 Å². The van der Waals surface area contributed by atoms with Crippen molar-refractivity contribution in [3.05, 3.63) is 106 Å². The maximum absolute atomic E-state index is 6.09. The molecule has 0 saturated carbocycles. The van der Waals surface area contributed by atoms with Crippen molar-refractivity contribution >= 4 is 21.6 Å². The molecular weight excluding hydrogens is 422 g/mol. The van der Waals surface area contributed by atoms with Crippen molar-refractivity contribution in [3.8, 4) is 5.75 Å². The summed E-state index contributed by atoms with van der Waals surface area (Å²) in [7, 11) is 0. The minimum Gasteiger partial charge on any atom is -0.493 e. The number of rotatable bonds is 5. The van der Waals surface area contributed by atoms with Gasteiger partial charge in [-0.3, -0.25) is 0 Å². The summed E-state index contributed by atoms with van der Waals surface area (Å²) in [5.41, 5.74) is 5.24. The number of hydrogen-bond donors (Lipinski definition) is 1. The normalized spacial score (nSPS) is 21.9. The van der Waals surface area contributed by atoms with Crippen molar-refractivity contribution in [1.82, 2.24) is 0 Å². The number of benzene rings is 3. The summed E-state index contributed by atoms with van der Waals surface area (Å²) in [6.07, 6.45) is 6.75. The van der Waals surface area contributed by atoms with Crippen LogP contribution in [0.15, 0.2) is 89.4 Å². The van der Waals surface area contributed by atoms with Gasteiger partial charge in [0.15, 0.2) is 0 Å². The van der Waals surface area contributed by atoms with Gasteiger partial charge in [0.25, 0.3) is 0 Å². The van der Waals surface area contributed by atoms with Crippen LogP contribution < -0.4 is 10.1 Å². The smallest absolute Gasteiger partial charge is 0.119 e. The van der Waals surface area contributed by atoms with Gasteiger partial charge in [-0.25, -0.2) is 0 Å². The van der Waals surface area contributed by atoms with Gasteiger partial charge >= 0.3 is 0 Å². The molecule has 3 heteroatoms. The predicted molar refractivity (Wildman–Crippen MR) is 123 cm³/mol. The quantitative estimate of drug-likeness (QED) is 0.431. The molecule has 0 bridgehead atoms. The summed E-state index contributed by atoms with van der Waals surface area (Å²) < 4.78 is 7.21. The monoisotopic (exact) mass is 445 g/mol. The molecule has 0 amide bonds. The molecule has 1 heterocycles. The molecule has 0 aromatic heterocycles. The van der Waals surface area contributed by atoms with Gasteiger partial charge in [0.05, 0.1) is 12.6 Å². The first-order valence-corrected chi connectivity index (χ1v) is 11.1. The van der Waals surface area contributed by atoms with E-state index in [1.165, 1.54) is 22.4 Å². The van der Waals surface area contributed by atoms with E-state index in [2.05, 4.69) is 100 Å². The van der Waals surface area contributed by atoms with E-state index in [0.717, 1.165) is 23.1 Å². The van der Waals surface area contributed by atoms with Gasteiger partial charge in [-0.15, -0.1) is 0 Å². The second-order valence-corrected chi connectivity index (χ2v) is 8.78. The van der Waals surface area contributed by atoms with Crippen LogP contribution in [0.1, 0.15) is 35.1 Å². The number of halogens is 1. The van der Waals surface area contributed by atoms with Crippen molar-refractivity contribution in [2.45, 2.75) is 24.8 Å². The van der Waals surface area contributed by atoms with Crippen molar-refractivity contribution in [1.29, 1.82) is 0 Å². The predicted octanol–water partition coefficient (Wildman–Crippen LogP) is 6.90. The third-order valence-electron chi connectivity index (χ3n) is 6.07. The highest BCUT2D eigenvalue weighted by molar-refractivity contribution is 9.10. The van der Waals surface area contributed by atoms with Crippen molar-refractivity contribution in [2.24, 2.45) is 5.92 Å². The number of hydrogen-bond acceptors (Lipinski definition) is 2. The summed E-state index contributed by atoms with van der Waals surface area (Å²) in [6, 6.07) is 26.1. The SMILES string of the molecule is Brc1ccc(C2Nc3ccc(OCCc4ccccc4)cc3C3C=CCC32)cc1. The van der Waals surface area contributed by atoms with Crippen molar-refractivity contribution in [2.75, 3.05) is 11.9 Å². The number of allylic oxidation sites excluding steroid dienone is 2. The Kier molecular flexibility index (Phi) is 5.15. The lowest BCUT2D eigenvalue weighted by molar-refractivity contribution is 0.320. The lowest BCUT2D eigenvalue weighted by atomic mass is 9.77. The van der Waals surface area contributed by atoms with E-state index in [1.54, 1.807) is 0 Å². The number of ether oxygens (including phenoxy) is 1. The van der Waals surface area contributed by atoms with E-state index in [1.807, 2.05) is 6.07 Å². The van der Waals surface area contributed by atoms with Gasteiger partial charge in [0, 0.05) is 22.5 Å². The molecule has 29 heavy (non-hydrogen) atoms. The van der Waals surface area contributed by atoms with Gasteiger partial charge < -0.3 is 10.1 Å². The Morgan fingerprint density at radius 1 is 0.966 bits per heavy atom. The van der Waals surface area contributed by atoms with E-state index in [9.17, 15) is 0 Å². The van der Waals surface area contributed by atoms with Crippen LogP contribution >= 0.6 is 15.9 Å². The third-order valence-corrected chi connectivity index (χ3v) is 6.59. The molecule has 3 aromatic carbocycles. The van der Waals surface area contributed by atoms with Crippen LogP contribution in [0.2, 0.25) is 0 Å². The second-order valence-electron chi connectivity index (χ2n) is 7.86. The lowest BCUT2D eigenvalue weighted by Gasteiger charge is -2.37. The summed E-state index contributed by atoms with van der Waals surface area (Å²) in [5.74, 6) is 1.95. The number of fused-ring (bicyclic) bond motifs is 3. The first-order valence-electron chi connectivity index (χ1n) is 10.3. The molecule has 146 valence electrons. The maximum Gasteiger partial charge on any atom is 0.119 e. The van der Waals surface area contributed by atoms with Crippen LogP contribution in [0.3, 0.4) is 0 Å². The second kappa shape index (κ2) is 8.08. The highest BCUT2D eigenvalue weighted by atomic mass is 79.9. The van der Waals surface area contributed by atoms with Crippen molar-refractivity contribution in [3.63, 3.8) is 0 Å². The molecule has 2 aliphatic rings. The fourth-order valence-corrected chi connectivity index (χ4v) is 4.86. The molecule has 3 aromatic rings. The Balaban J connectivity index is 1.35. The van der Waals surface area contributed by atoms with Crippen LogP contribution in [0, 0.1) is 5.92 Å². The minimum atomic E-state index is 0.334. The highest BCUT2D eigenvalue weighted by Gasteiger charge is 2.37. The zero-order chi connectivity index (χ0) is 19.6. The standard InChI is InChI=1S/C26H24BrNO/c27-20-11-9-19(10-12-20)26-23-8-4-7-22(23)24-17-21(13-14-25(24)28-26)29-16-15-18-5-2-1-3-6-18/h1-7,9-14,17,22-23,26,28H,8,15-16H2. The van der Waals surface area contributed by atoms with E-state index >= 15 is 0 Å².